The molecule has 0 radical (unpaired) electrons. The molecule has 2 aliphatic heterocycles. The van der Waals surface area contributed by atoms with Crippen molar-refractivity contribution in [2.24, 2.45) is 0 Å². The van der Waals surface area contributed by atoms with Crippen LogP contribution < -0.4 is 9.47 Å². The number of carbonyl (C=O) groups excluding carboxylic acids is 2. The lowest BCUT2D eigenvalue weighted by Crippen LogP contribution is -2.38. The highest BCUT2D eigenvalue weighted by Gasteiger charge is 2.55. The Morgan fingerprint density at radius 3 is 2.58 bits per heavy atom. The molecule has 7 nitrogen and oxygen atoms in total. The standard InChI is InChI=1S/C24H18Cl2O7/c1-11(27)30-21-9-19-15(7-17(21)25)24(14-6-4-3-5-13(14)23(29)33-24)16-8-18(26)22(31-12(2)28)10-20(16)32-19/h3-7,9-10,18,23,29H,8H2,1-2H3. The SMILES string of the molecule is CC(=O)OC1=CC2=C(CC1Cl)C1(OC(O)c3ccccc31)c1cc(Cl)c(OC(C)=O)cc1O2. The summed E-state index contributed by atoms with van der Waals surface area (Å²) in [4.78, 5) is 23.1. The number of alkyl halides is 1. The van der Waals surface area contributed by atoms with Gasteiger partial charge in [-0.15, -0.1) is 11.6 Å². The maximum atomic E-state index is 11.6. The summed E-state index contributed by atoms with van der Waals surface area (Å²) in [5.74, 6) is -0.0318. The first-order chi connectivity index (χ1) is 15.7. The molecule has 0 saturated carbocycles. The molecule has 9 heteroatoms. The predicted molar refractivity (Wildman–Crippen MR) is 118 cm³/mol. The Morgan fingerprint density at radius 1 is 1.12 bits per heavy atom. The molecule has 1 N–H and O–H groups in total. The van der Waals surface area contributed by atoms with E-state index in [2.05, 4.69) is 0 Å². The number of hydrogen-bond donors (Lipinski definition) is 1. The third kappa shape index (κ3) is 3.43. The Balaban J connectivity index is 1.77. The Hall–Kier alpha value is -2.84. The number of fused-ring (bicyclic) bond motifs is 5. The van der Waals surface area contributed by atoms with Crippen molar-refractivity contribution >= 4 is 35.1 Å². The van der Waals surface area contributed by atoms with Crippen LogP contribution >= 0.6 is 23.2 Å². The zero-order valence-electron chi connectivity index (χ0n) is 17.6. The van der Waals surface area contributed by atoms with E-state index in [0.29, 0.717) is 33.8 Å². The van der Waals surface area contributed by atoms with Gasteiger partial charge in [-0.2, -0.15) is 0 Å². The van der Waals surface area contributed by atoms with Crippen LogP contribution in [0, 0.1) is 0 Å². The lowest BCUT2D eigenvalue weighted by Gasteiger charge is -2.41. The molecule has 33 heavy (non-hydrogen) atoms. The van der Waals surface area contributed by atoms with Crippen LogP contribution in [-0.4, -0.2) is 22.4 Å². The lowest BCUT2D eigenvalue weighted by atomic mass is 9.74. The second-order valence-corrected chi connectivity index (χ2v) is 8.80. The Bertz CT molecular complexity index is 1270. The second-order valence-electron chi connectivity index (χ2n) is 7.87. The molecular formula is C24H18Cl2O7. The summed E-state index contributed by atoms with van der Waals surface area (Å²) in [6, 6.07) is 10.4. The molecule has 0 fully saturated rings. The van der Waals surface area contributed by atoms with Gasteiger partial charge in [0, 0.05) is 48.3 Å². The fourth-order valence-corrected chi connectivity index (χ4v) is 5.00. The van der Waals surface area contributed by atoms with Crippen molar-refractivity contribution in [3.63, 3.8) is 0 Å². The summed E-state index contributed by atoms with van der Waals surface area (Å²) >= 11 is 13.0. The number of esters is 2. The molecular weight excluding hydrogens is 471 g/mol. The summed E-state index contributed by atoms with van der Waals surface area (Å²) in [5, 5.41) is 10.3. The number of allylic oxidation sites excluding steroid dienone is 2. The summed E-state index contributed by atoms with van der Waals surface area (Å²) in [6.45, 7) is 2.55. The van der Waals surface area contributed by atoms with E-state index in [1.807, 2.05) is 12.1 Å². The van der Waals surface area contributed by atoms with Gasteiger partial charge in [0.2, 0.25) is 0 Å². The molecule has 0 amide bonds. The second kappa shape index (κ2) is 7.88. The molecule has 3 unspecified atom stereocenters. The number of rotatable bonds is 2. The Morgan fingerprint density at radius 2 is 1.85 bits per heavy atom. The van der Waals surface area contributed by atoms with Gasteiger partial charge in [-0.3, -0.25) is 9.59 Å². The zero-order chi connectivity index (χ0) is 23.5. The van der Waals surface area contributed by atoms with Crippen LogP contribution in [0.1, 0.15) is 43.2 Å². The number of aliphatic hydroxyl groups excluding tert-OH is 1. The van der Waals surface area contributed by atoms with Gasteiger partial charge in [0.05, 0.1) is 10.4 Å². The smallest absolute Gasteiger partial charge is 0.308 e. The molecule has 170 valence electrons. The number of halogens is 2. The van der Waals surface area contributed by atoms with E-state index in [1.165, 1.54) is 19.9 Å². The van der Waals surface area contributed by atoms with Crippen molar-refractivity contribution < 1.29 is 33.6 Å². The van der Waals surface area contributed by atoms with Crippen LogP contribution in [0.5, 0.6) is 11.5 Å². The van der Waals surface area contributed by atoms with Gasteiger partial charge in [-0.05, 0) is 12.5 Å². The van der Waals surface area contributed by atoms with Gasteiger partial charge < -0.3 is 24.1 Å². The van der Waals surface area contributed by atoms with Crippen molar-refractivity contribution in [3.8, 4) is 11.5 Å². The fourth-order valence-electron chi connectivity index (χ4n) is 4.53. The van der Waals surface area contributed by atoms with Gasteiger partial charge >= 0.3 is 11.9 Å². The van der Waals surface area contributed by atoms with E-state index in [0.717, 1.165) is 0 Å². The van der Waals surface area contributed by atoms with Gasteiger partial charge in [0.25, 0.3) is 0 Å². The Kier molecular flexibility index (Phi) is 5.25. The quantitative estimate of drug-likeness (QED) is 0.374. The maximum Gasteiger partial charge on any atom is 0.308 e. The van der Waals surface area contributed by atoms with E-state index < -0.39 is 29.2 Å². The van der Waals surface area contributed by atoms with Crippen LogP contribution in [0.2, 0.25) is 5.02 Å². The average molecular weight is 489 g/mol. The van der Waals surface area contributed by atoms with Crippen molar-refractivity contribution in [1.82, 2.24) is 0 Å². The van der Waals surface area contributed by atoms with Crippen molar-refractivity contribution in [1.29, 1.82) is 0 Å². The Labute approximate surface area is 199 Å². The van der Waals surface area contributed by atoms with Gasteiger partial charge in [-0.1, -0.05) is 35.9 Å². The molecule has 1 aliphatic carbocycles. The molecule has 2 aromatic rings. The summed E-state index contributed by atoms with van der Waals surface area (Å²) in [7, 11) is 0. The first-order valence-corrected chi connectivity index (χ1v) is 11.0. The average Bonchev–Trinajstić information content (AvgIpc) is 3.04. The van der Waals surface area contributed by atoms with E-state index in [4.69, 9.17) is 42.1 Å². The highest BCUT2D eigenvalue weighted by Crippen LogP contribution is 2.59. The molecule has 5 rings (SSSR count). The molecule has 2 heterocycles. The number of benzene rings is 2. The third-order valence-electron chi connectivity index (χ3n) is 5.73. The van der Waals surface area contributed by atoms with Gasteiger partial charge in [0.1, 0.15) is 17.3 Å². The first-order valence-electron chi connectivity index (χ1n) is 10.1. The van der Waals surface area contributed by atoms with Gasteiger partial charge in [-0.25, -0.2) is 0 Å². The first kappa shape index (κ1) is 22.0. The molecule has 0 aromatic heterocycles. The van der Waals surface area contributed by atoms with E-state index in [9.17, 15) is 14.7 Å². The normalized spacial score (nSPS) is 24.9. The van der Waals surface area contributed by atoms with E-state index in [1.54, 1.807) is 24.3 Å². The summed E-state index contributed by atoms with van der Waals surface area (Å²) in [5.41, 5.74) is 1.21. The van der Waals surface area contributed by atoms with Gasteiger partial charge in [0.15, 0.2) is 17.6 Å². The minimum absolute atomic E-state index is 0.115. The van der Waals surface area contributed by atoms with Crippen LogP contribution in [0.15, 0.2) is 59.6 Å². The summed E-state index contributed by atoms with van der Waals surface area (Å²) in [6.07, 6.45) is 0.555. The number of aliphatic hydroxyl groups is 1. The van der Waals surface area contributed by atoms with Crippen LogP contribution in [0.4, 0.5) is 0 Å². The predicted octanol–water partition coefficient (Wildman–Crippen LogP) is 4.63. The fraction of sp³-hybridized carbons (Fsp3) is 0.250. The van der Waals surface area contributed by atoms with E-state index >= 15 is 0 Å². The zero-order valence-corrected chi connectivity index (χ0v) is 19.1. The minimum Gasteiger partial charge on any atom is -0.457 e. The highest BCUT2D eigenvalue weighted by molar-refractivity contribution is 6.32. The van der Waals surface area contributed by atoms with Crippen LogP contribution in [-0.2, 0) is 24.7 Å². The summed E-state index contributed by atoms with van der Waals surface area (Å²) < 4.78 is 22.9. The molecule has 0 bridgehead atoms. The van der Waals surface area contributed by atoms with Crippen LogP contribution in [0.25, 0.3) is 0 Å². The number of ether oxygens (including phenoxy) is 4. The number of carbonyl (C=O) groups is 2. The van der Waals surface area contributed by atoms with Crippen molar-refractivity contribution in [2.75, 3.05) is 0 Å². The number of hydrogen-bond acceptors (Lipinski definition) is 7. The molecule has 3 aliphatic rings. The van der Waals surface area contributed by atoms with Crippen LogP contribution in [0.3, 0.4) is 0 Å². The molecule has 2 aromatic carbocycles. The third-order valence-corrected chi connectivity index (χ3v) is 6.40. The minimum atomic E-state index is -1.26. The van der Waals surface area contributed by atoms with Crippen molar-refractivity contribution in [3.05, 3.63) is 81.3 Å². The topological polar surface area (TPSA) is 91.3 Å². The highest BCUT2D eigenvalue weighted by atomic mass is 35.5. The van der Waals surface area contributed by atoms with Crippen molar-refractivity contribution in [2.45, 2.75) is 37.5 Å². The monoisotopic (exact) mass is 488 g/mol. The lowest BCUT2D eigenvalue weighted by molar-refractivity contribution is -0.145. The molecule has 1 spiro atoms. The molecule has 0 saturated heterocycles. The largest absolute Gasteiger partial charge is 0.457 e. The maximum absolute atomic E-state index is 11.6. The van der Waals surface area contributed by atoms with E-state index in [-0.39, 0.29) is 23.0 Å². The molecule has 3 atom stereocenters.